The second-order valence-electron chi connectivity index (χ2n) is 8.50. The molecule has 0 aliphatic carbocycles. The van der Waals surface area contributed by atoms with E-state index >= 15 is 0 Å². The number of urea groups is 1. The Morgan fingerprint density at radius 2 is 1.74 bits per heavy atom. The van der Waals surface area contributed by atoms with E-state index in [9.17, 15) is 9.59 Å². The van der Waals surface area contributed by atoms with Crippen LogP contribution in [0.4, 0.5) is 21.9 Å². The zero-order chi connectivity index (χ0) is 24.8. The van der Waals surface area contributed by atoms with Crippen molar-refractivity contribution in [1.29, 1.82) is 0 Å². The predicted octanol–water partition coefficient (Wildman–Crippen LogP) is 5.83. The molecule has 3 aromatic carbocycles. The highest BCUT2D eigenvalue weighted by atomic mass is 35.5. The summed E-state index contributed by atoms with van der Waals surface area (Å²) in [5.41, 5.74) is 4.40. The van der Waals surface area contributed by atoms with E-state index < -0.39 is 6.03 Å². The van der Waals surface area contributed by atoms with Gasteiger partial charge in [0.2, 0.25) is 0 Å². The third-order valence-corrected chi connectivity index (χ3v) is 6.22. The van der Waals surface area contributed by atoms with E-state index in [1.165, 1.54) is 0 Å². The molecule has 1 heterocycles. The molecule has 3 amide bonds. The molecule has 0 bridgehead atoms. The lowest BCUT2D eigenvalue weighted by molar-refractivity contribution is 0.0951. The van der Waals surface area contributed by atoms with Gasteiger partial charge in [0.15, 0.2) is 0 Å². The Labute approximate surface area is 210 Å². The largest absolute Gasteiger partial charge is 0.497 e. The molecule has 0 atom stereocenters. The SMILES string of the molecule is COc1cccc(CNC(=O)c2ccc(N3CCCC3)c(NC(=O)Nc3cc(Cl)ccc3C)c2)c1. The summed E-state index contributed by atoms with van der Waals surface area (Å²) in [5.74, 6) is 0.508. The Morgan fingerprint density at radius 3 is 2.51 bits per heavy atom. The number of hydrogen-bond acceptors (Lipinski definition) is 4. The molecule has 1 saturated heterocycles. The molecule has 3 N–H and O–H groups in total. The molecular weight excluding hydrogens is 464 g/mol. The zero-order valence-electron chi connectivity index (χ0n) is 19.9. The van der Waals surface area contributed by atoms with E-state index in [0.717, 1.165) is 48.5 Å². The zero-order valence-corrected chi connectivity index (χ0v) is 20.6. The minimum Gasteiger partial charge on any atom is -0.497 e. The number of nitrogens with one attached hydrogen (secondary N) is 3. The average Bonchev–Trinajstić information content (AvgIpc) is 3.39. The third kappa shape index (κ3) is 6.25. The van der Waals surface area contributed by atoms with Gasteiger partial charge in [-0.25, -0.2) is 4.79 Å². The van der Waals surface area contributed by atoms with Gasteiger partial charge in [-0.1, -0.05) is 29.8 Å². The minimum atomic E-state index is -0.398. The molecule has 182 valence electrons. The summed E-state index contributed by atoms with van der Waals surface area (Å²) in [6, 6.07) is 17.9. The van der Waals surface area contributed by atoms with Crippen molar-refractivity contribution in [1.82, 2.24) is 5.32 Å². The Balaban J connectivity index is 1.51. The van der Waals surface area contributed by atoms with Crippen LogP contribution < -0.4 is 25.6 Å². The molecule has 35 heavy (non-hydrogen) atoms. The lowest BCUT2D eigenvalue weighted by Crippen LogP contribution is -2.26. The normalized spacial score (nSPS) is 12.8. The van der Waals surface area contributed by atoms with Crippen molar-refractivity contribution >= 4 is 40.6 Å². The van der Waals surface area contributed by atoms with E-state index in [1.54, 1.807) is 31.4 Å². The Hall–Kier alpha value is -3.71. The van der Waals surface area contributed by atoms with Crippen molar-refractivity contribution in [3.05, 3.63) is 82.4 Å². The highest BCUT2D eigenvalue weighted by Gasteiger charge is 2.19. The van der Waals surface area contributed by atoms with Gasteiger partial charge in [0.25, 0.3) is 5.91 Å². The average molecular weight is 493 g/mol. The van der Waals surface area contributed by atoms with Gasteiger partial charge in [-0.15, -0.1) is 0 Å². The van der Waals surface area contributed by atoms with Crippen molar-refractivity contribution < 1.29 is 14.3 Å². The molecule has 0 saturated carbocycles. The molecule has 4 rings (SSSR count). The van der Waals surface area contributed by atoms with Crippen LogP contribution in [0.5, 0.6) is 5.75 Å². The van der Waals surface area contributed by atoms with Crippen molar-refractivity contribution in [3.63, 3.8) is 0 Å². The maximum absolute atomic E-state index is 12.9. The lowest BCUT2D eigenvalue weighted by Gasteiger charge is -2.22. The van der Waals surface area contributed by atoms with Crippen LogP contribution in [0.2, 0.25) is 5.02 Å². The van der Waals surface area contributed by atoms with Crippen molar-refractivity contribution in [2.75, 3.05) is 35.7 Å². The van der Waals surface area contributed by atoms with Gasteiger partial charge in [0, 0.05) is 35.9 Å². The van der Waals surface area contributed by atoms with E-state index in [1.807, 2.05) is 43.3 Å². The number of rotatable bonds is 7. The van der Waals surface area contributed by atoms with Crippen LogP contribution in [-0.4, -0.2) is 32.1 Å². The number of amides is 3. The second-order valence-corrected chi connectivity index (χ2v) is 8.94. The van der Waals surface area contributed by atoms with E-state index in [0.29, 0.717) is 28.5 Å². The van der Waals surface area contributed by atoms with Crippen LogP contribution in [0.3, 0.4) is 0 Å². The summed E-state index contributed by atoms with van der Waals surface area (Å²) < 4.78 is 5.25. The van der Waals surface area contributed by atoms with Crippen LogP contribution >= 0.6 is 11.6 Å². The fourth-order valence-corrected chi connectivity index (χ4v) is 4.25. The highest BCUT2D eigenvalue weighted by molar-refractivity contribution is 6.31. The van der Waals surface area contributed by atoms with Gasteiger partial charge in [-0.05, 0) is 73.4 Å². The number of anilines is 3. The molecule has 7 nitrogen and oxygen atoms in total. The number of hydrogen-bond donors (Lipinski definition) is 3. The quantitative estimate of drug-likeness (QED) is 0.387. The van der Waals surface area contributed by atoms with Gasteiger partial charge in [-0.2, -0.15) is 0 Å². The van der Waals surface area contributed by atoms with Gasteiger partial charge >= 0.3 is 6.03 Å². The Bertz CT molecular complexity index is 1220. The first kappa shape index (κ1) is 24.4. The summed E-state index contributed by atoms with van der Waals surface area (Å²) in [7, 11) is 1.61. The Morgan fingerprint density at radius 1 is 0.971 bits per heavy atom. The minimum absolute atomic E-state index is 0.227. The molecule has 8 heteroatoms. The fourth-order valence-electron chi connectivity index (χ4n) is 4.08. The summed E-state index contributed by atoms with van der Waals surface area (Å²) in [4.78, 5) is 28.0. The van der Waals surface area contributed by atoms with Gasteiger partial charge in [0.05, 0.1) is 18.5 Å². The molecule has 0 spiro atoms. The predicted molar refractivity (Wildman–Crippen MR) is 141 cm³/mol. The maximum Gasteiger partial charge on any atom is 0.323 e. The third-order valence-electron chi connectivity index (χ3n) is 5.99. The van der Waals surface area contributed by atoms with Crippen LogP contribution in [-0.2, 0) is 6.54 Å². The molecule has 0 unspecified atom stereocenters. The maximum atomic E-state index is 12.9. The first-order chi connectivity index (χ1) is 16.9. The molecule has 1 aliphatic heterocycles. The molecule has 0 radical (unpaired) electrons. The van der Waals surface area contributed by atoms with Crippen molar-refractivity contribution in [3.8, 4) is 5.75 Å². The van der Waals surface area contributed by atoms with Crippen molar-refractivity contribution in [2.45, 2.75) is 26.3 Å². The van der Waals surface area contributed by atoms with Crippen LogP contribution in [0.25, 0.3) is 0 Å². The molecule has 1 fully saturated rings. The number of aryl methyl sites for hydroxylation is 1. The molecule has 3 aromatic rings. The smallest absolute Gasteiger partial charge is 0.323 e. The number of halogens is 1. The molecule has 0 aromatic heterocycles. The highest BCUT2D eigenvalue weighted by Crippen LogP contribution is 2.31. The fraction of sp³-hybridized carbons (Fsp3) is 0.259. The van der Waals surface area contributed by atoms with Crippen molar-refractivity contribution in [2.24, 2.45) is 0 Å². The topological polar surface area (TPSA) is 82.7 Å². The first-order valence-electron chi connectivity index (χ1n) is 11.6. The van der Waals surface area contributed by atoms with E-state index in [-0.39, 0.29) is 5.91 Å². The van der Waals surface area contributed by atoms with Crippen LogP contribution in [0, 0.1) is 6.92 Å². The summed E-state index contributed by atoms with van der Waals surface area (Å²) in [6.07, 6.45) is 2.19. The van der Waals surface area contributed by atoms with Gasteiger partial charge < -0.3 is 25.6 Å². The summed E-state index contributed by atoms with van der Waals surface area (Å²) in [6.45, 7) is 4.08. The second kappa shape index (κ2) is 11.1. The standard InChI is InChI=1S/C27H29ClN4O3/c1-18-8-10-21(28)16-23(18)30-27(34)31-24-15-20(9-11-25(24)32-12-3-4-13-32)26(33)29-17-19-6-5-7-22(14-19)35-2/h5-11,14-16H,3-4,12-13,17H2,1-2H3,(H,29,33)(H2,30,31,34). The number of benzene rings is 3. The monoisotopic (exact) mass is 492 g/mol. The lowest BCUT2D eigenvalue weighted by atomic mass is 10.1. The summed E-state index contributed by atoms with van der Waals surface area (Å²) >= 11 is 6.09. The van der Waals surface area contributed by atoms with Gasteiger partial charge in [-0.3, -0.25) is 4.79 Å². The van der Waals surface area contributed by atoms with Crippen LogP contribution in [0.15, 0.2) is 60.7 Å². The van der Waals surface area contributed by atoms with E-state index in [2.05, 4.69) is 20.9 Å². The van der Waals surface area contributed by atoms with Gasteiger partial charge in [0.1, 0.15) is 5.75 Å². The summed E-state index contributed by atoms with van der Waals surface area (Å²) in [5, 5.41) is 9.27. The molecule has 1 aliphatic rings. The van der Waals surface area contributed by atoms with Crippen LogP contribution in [0.1, 0.15) is 34.3 Å². The Kier molecular flexibility index (Phi) is 7.77. The first-order valence-corrected chi connectivity index (χ1v) is 11.9. The molecular formula is C27H29ClN4O3. The number of methoxy groups -OCH3 is 1. The number of carbonyl (C=O) groups excluding carboxylic acids is 2. The number of ether oxygens (including phenoxy) is 1. The number of nitrogens with zero attached hydrogens (tertiary/aromatic N) is 1. The number of carbonyl (C=O) groups is 2. The van der Waals surface area contributed by atoms with E-state index in [4.69, 9.17) is 16.3 Å².